The fourth-order valence-corrected chi connectivity index (χ4v) is 2.51. The predicted molar refractivity (Wildman–Crippen MR) is 95.2 cm³/mol. The van der Waals surface area contributed by atoms with Crippen LogP contribution in [-0.4, -0.2) is 26.4 Å². The Balaban J connectivity index is 1.51. The fraction of sp³-hybridized carbons (Fsp3) is 0.222. The Hall–Kier alpha value is -3.42. The molecule has 1 saturated carbocycles. The molecule has 1 aromatic carbocycles. The van der Waals surface area contributed by atoms with Crippen LogP contribution in [0, 0.1) is 5.92 Å². The first-order valence-electron chi connectivity index (χ1n) is 8.30. The molecular weight excluding hydrogens is 334 g/mol. The summed E-state index contributed by atoms with van der Waals surface area (Å²) < 4.78 is 7.30. The number of carbonyl (C=O) groups excluding carboxylic acids is 2. The molecule has 3 aromatic rings. The van der Waals surface area contributed by atoms with Gasteiger partial charge in [0, 0.05) is 30.7 Å². The van der Waals surface area contributed by atoms with Crippen molar-refractivity contribution in [2.24, 2.45) is 5.92 Å². The minimum absolute atomic E-state index is 0.000309. The lowest BCUT2D eigenvalue weighted by Gasteiger charge is -2.07. The standard InChI is InChI=1S/C18H17N5O3/c1-11(24)19-13-3-2-4-14(9-13)26-17-8-7-16-20-15(10-23(16)22-17)21-18(25)12-5-6-12/h2-4,7-10,12H,5-6H2,1H3,(H,19,24)(H,21,25). The van der Waals surface area contributed by atoms with E-state index in [-0.39, 0.29) is 17.7 Å². The molecule has 0 unspecified atom stereocenters. The maximum absolute atomic E-state index is 11.8. The number of fused-ring (bicyclic) bond motifs is 1. The molecule has 2 amide bonds. The first-order valence-corrected chi connectivity index (χ1v) is 8.30. The molecule has 2 heterocycles. The number of benzene rings is 1. The Labute approximate surface area is 149 Å². The van der Waals surface area contributed by atoms with Gasteiger partial charge in [-0.3, -0.25) is 9.59 Å². The van der Waals surface area contributed by atoms with Gasteiger partial charge in [-0.1, -0.05) is 6.07 Å². The summed E-state index contributed by atoms with van der Waals surface area (Å²) in [6.45, 7) is 1.45. The van der Waals surface area contributed by atoms with Crippen molar-refractivity contribution < 1.29 is 14.3 Å². The van der Waals surface area contributed by atoms with Gasteiger partial charge in [-0.05, 0) is 31.0 Å². The van der Waals surface area contributed by atoms with Gasteiger partial charge in [0.2, 0.25) is 17.7 Å². The third-order valence-electron chi connectivity index (χ3n) is 3.87. The van der Waals surface area contributed by atoms with E-state index in [9.17, 15) is 9.59 Å². The van der Waals surface area contributed by atoms with Crippen LogP contribution in [0.1, 0.15) is 19.8 Å². The number of amides is 2. The largest absolute Gasteiger partial charge is 0.438 e. The topological polar surface area (TPSA) is 97.6 Å². The molecule has 0 bridgehead atoms. The number of nitrogens with one attached hydrogen (secondary N) is 2. The van der Waals surface area contributed by atoms with Crippen molar-refractivity contribution in [3.63, 3.8) is 0 Å². The van der Waals surface area contributed by atoms with Gasteiger partial charge in [0.05, 0.1) is 6.20 Å². The zero-order chi connectivity index (χ0) is 18.1. The molecule has 26 heavy (non-hydrogen) atoms. The third kappa shape index (κ3) is 3.64. The number of rotatable bonds is 5. The highest BCUT2D eigenvalue weighted by molar-refractivity contribution is 5.93. The molecule has 8 nitrogen and oxygen atoms in total. The van der Waals surface area contributed by atoms with E-state index in [1.54, 1.807) is 47.1 Å². The van der Waals surface area contributed by atoms with Gasteiger partial charge in [0.25, 0.3) is 0 Å². The maximum Gasteiger partial charge on any atom is 0.237 e. The van der Waals surface area contributed by atoms with Crippen molar-refractivity contribution in [1.29, 1.82) is 0 Å². The molecule has 2 aromatic heterocycles. The Morgan fingerprint density at radius 3 is 2.81 bits per heavy atom. The molecular formula is C18H17N5O3. The number of ether oxygens (including phenoxy) is 1. The monoisotopic (exact) mass is 351 g/mol. The van der Waals surface area contributed by atoms with E-state index < -0.39 is 0 Å². The summed E-state index contributed by atoms with van der Waals surface area (Å²) in [6.07, 6.45) is 3.52. The Bertz CT molecular complexity index is 993. The van der Waals surface area contributed by atoms with Crippen LogP contribution in [0.25, 0.3) is 5.65 Å². The number of nitrogens with zero attached hydrogens (tertiary/aromatic N) is 3. The number of anilines is 2. The normalized spacial score (nSPS) is 13.4. The van der Waals surface area contributed by atoms with Gasteiger partial charge in [0.1, 0.15) is 5.75 Å². The van der Waals surface area contributed by atoms with E-state index >= 15 is 0 Å². The van der Waals surface area contributed by atoms with E-state index in [1.165, 1.54) is 6.92 Å². The maximum atomic E-state index is 11.8. The second-order valence-corrected chi connectivity index (χ2v) is 6.18. The lowest BCUT2D eigenvalue weighted by molar-refractivity contribution is -0.117. The van der Waals surface area contributed by atoms with Crippen molar-refractivity contribution in [3.8, 4) is 11.6 Å². The van der Waals surface area contributed by atoms with E-state index in [0.717, 1.165) is 12.8 Å². The van der Waals surface area contributed by atoms with Crippen LogP contribution >= 0.6 is 0 Å². The highest BCUT2D eigenvalue weighted by Gasteiger charge is 2.30. The molecule has 132 valence electrons. The first kappa shape index (κ1) is 16.1. The van der Waals surface area contributed by atoms with Crippen molar-refractivity contribution in [2.75, 3.05) is 10.6 Å². The van der Waals surface area contributed by atoms with E-state index in [0.29, 0.717) is 28.8 Å². The SMILES string of the molecule is CC(=O)Nc1cccc(Oc2ccc3nc(NC(=O)C4CC4)cn3n2)c1. The summed E-state index contributed by atoms with van der Waals surface area (Å²) >= 11 is 0. The fourth-order valence-electron chi connectivity index (χ4n) is 2.51. The van der Waals surface area contributed by atoms with Gasteiger partial charge >= 0.3 is 0 Å². The van der Waals surface area contributed by atoms with Gasteiger partial charge in [-0.25, -0.2) is 9.50 Å². The van der Waals surface area contributed by atoms with E-state index in [2.05, 4.69) is 20.7 Å². The Kier molecular flexibility index (Phi) is 4.00. The molecule has 0 atom stereocenters. The molecule has 0 aliphatic heterocycles. The minimum Gasteiger partial charge on any atom is -0.438 e. The smallest absolute Gasteiger partial charge is 0.237 e. The third-order valence-corrected chi connectivity index (χ3v) is 3.87. The summed E-state index contributed by atoms with van der Waals surface area (Å²) in [5, 5.41) is 9.84. The lowest BCUT2D eigenvalue weighted by atomic mass is 10.3. The molecule has 4 rings (SSSR count). The summed E-state index contributed by atoms with van der Waals surface area (Å²) in [5.74, 6) is 1.35. The first-order chi connectivity index (χ1) is 12.6. The van der Waals surface area contributed by atoms with Crippen molar-refractivity contribution in [3.05, 3.63) is 42.6 Å². The molecule has 8 heteroatoms. The number of carbonyl (C=O) groups is 2. The molecule has 0 spiro atoms. The highest BCUT2D eigenvalue weighted by atomic mass is 16.5. The number of imidazole rings is 1. The van der Waals surface area contributed by atoms with Crippen LogP contribution in [0.2, 0.25) is 0 Å². The summed E-state index contributed by atoms with van der Waals surface area (Å²) in [5.41, 5.74) is 1.25. The average molecular weight is 351 g/mol. The van der Waals surface area contributed by atoms with Gasteiger partial charge < -0.3 is 15.4 Å². The summed E-state index contributed by atoms with van der Waals surface area (Å²) in [7, 11) is 0. The van der Waals surface area contributed by atoms with Gasteiger partial charge in [-0.2, -0.15) is 0 Å². The second-order valence-electron chi connectivity index (χ2n) is 6.18. The van der Waals surface area contributed by atoms with Crippen LogP contribution in [0.15, 0.2) is 42.6 Å². The van der Waals surface area contributed by atoms with Crippen LogP contribution in [-0.2, 0) is 9.59 Å². The van der Waals surface area contributed by atoms with Crippen LogP contribution in [0.5, 0.6) is 11.6 Å². The number of hydrogen-bond donors (Lipinski definition) is 2. The zero-order valence-electron chi connectivity index (χ0n) is 14.1. The summed E-state index contributed by atoms with van der Waals surface area (Å²) in [6, 6.07) is 10.5. The zero-order valence-corrected chi connectivity index (χ0v) is 14.1. The van der Waals surface area contributed by atoms with Crippen molar-refractivity contribution >= 4 is 29.0 Å². The Morgan fingerprint density at radius 2 is 2.04 bits per heavy atom. The quantitative estimate of drug-likeness (QED) is 0.737. The van der Waals surface area contributed by atoms with Crippen LogP contribution in [0.4, 0.5) is 11.5 Å². The predicted octanol–water partition coefficient (Wildman–Crippen LogP) is 2.83. The molecule has 1 fully saturated rings. The molecule has 1 aliphatic rings. The molecule has 0 saturated heterocycles. The van der Waals surface area contributed by atoms with Crippen LogP contribution in [0.3, 0.4) is 0 Å². The van der Waals surface area contributed by atoms with Crippen LogP contribution < -0.4 is 15.4 Å². The summed E-state index contributed by atoms with van der Waals surface area (Å²) in [4.78, 5) is 27.3. The number of aromatic nitrogens is 3. The highest BCUT2D eigenvalue weighted by Crippen LogP contribution is 2.30. The molecule has 0 radical (unpaired) electrons. The molecule has 2 N–H and O–H groups in total. The minimum atomic E-state index is -0.152. The van der Waals surface area contributed by atoms with E-state index in [4.69, 9.17) is 4.74 Å². The van der Waals surface area contributed by atoms with Crippen molar-refractivity contribution in [1.82, 2.24) is 14.6 Å². The molecule has 1 aliphatic carbocycles. The van der Waals surface area contributed by atoms with Gasteiger partial charge in [-0.15, -0.1) is 5.10 Å². The van der Waals surface area contributed by atoms with Crippen molar-refractivity contribution in [2.45, 2.75) is 19.8 Å². The second kappa shape index (κ2) is 6.47. The van der Waals surface area contributed by atoms with E-state index in [1.807, 2.05) is 0 Å². The lowest BCUT2D eigenvalue weighted by Crippen LogP contribution is -2.13. The average Bonchev–Trinajstić information content (AvgIpc) is 3.36. The Morgan fingerprint density at radius 1 is 1.19 bits per heavy atom. The number of hydrogen-bond acceptors (Lipinski definition) is 5. The van der Waals surface area contributed by atoms with Gasteiger partial charge in [0.15, 0.2) is 11.5 Å².